The zero-order valence-corrected chi connectivity index (χ0v) is 12.9. The molecule has 0 atom stereocenters. The molecule has 1 N–H and O–H groups in total. The van der Waals surface area contributed by atoms with Gasteiger partial charge in [-0.3, -0.25) is 14.5 Å². The third-order valence-electron chi connectivity index (χ3n) is 3.25. The number of fused-ring (bicyclic) bond motifs is 1. The van der Waals surface area contributed by atoms with Gasteiger partial charge in [-0.05, 0) is 32.0 Å². The van der Waals surface area contributed by atoms with E-state index in [4.69, 9.17) is 0 Å². The Balaban J connectivity index is 1.63. The van der Waals surface area contributed by atoms with Crippen LogP contribution in [-0.4, -0.2) is 31.9 Å². The molecule has 0 saturated carbocycles. The topological polar surface area (TPSA) is 85.1 Å². The summed E-state index contributed by atoms with van der Waals surface area (Å²) in [6.45, 7) is 3.92. The van der Waals surface area contributed by atoms with Crippen molar-refractivity contribution in [2.24, 2.45) is 5.10 Å². The van der Waals surface area contributed by atoms with Gasteiger partial charge in [-0.25, -0.2) is 10.4 Å². The van der Waals surface area contributed by atoms with Crippen LogP contribution in [0.4, 0.5) is 0 Å². The Morgan fingerprint density at radius 2 is 2.09 bits per heavy atom. The first-order chi connectivity index (χ1) is 11.1. The van der Waals surface area contributed by atoms with Gasteiger partial charge in [-0.1, -0.05) is 12.1 Å². The molecular formula is C16H16N6O. The summed E-state index contributed by atoms with van der Waals surface area (Å²) < 4.78 is 1.63. The molecule has 3 aromatic rings. The lowest BCUT2D eigenvalue weighted by molar-refractivity contribution is -0.121. The Morgan fingerprint density at radius 3 is 2.83 bits per heavy atom. The molecule has 0 unspecified atom stereocenters. The van der Waals surface area contributed by atoms with Crippen LogP contribution >= 0.6 is 0 Å². The van der Waals surface area contributed by atoms with E-state index in [0.29, 0.717) is 5.69 Å². The van der Waals surface area contributed by atoms with Gasteiger partial charge >= 0.3 is 0 Å². The van der Waals surface area contributed by atoms with E-state index >= 15 is 0 Å². The second-order valence-corrected chi connectivity index (χ2v) is 5.16. The van der Waals surface area contributed by atoms with Gasteiger partial charge in [-0.15, -0.1) is 0 Å². The summed E-state index contributed by atoms with van der Waals surface area (Å²) in [4.78, 5) is 20.5. The van der Waals surface area contributed by atoms with Crippen molar-refractivity contribution in [3.63, 3.8) is 0 Å². The van der Waals surface area contributed by atoms with Crippen molar-refractivity contribution in [1.29, 1.82) is 0 Å². The zero-order valence-electron chi connectivity index (χ0n) is 12.9. The first-order valence-corrected chi connectivity index (χ1v) is 7.16. The fourth-order valence-electron chi connectivity index (χ4n) is 2.21. The van der Waals surface area contributed by atoms with Gasteiger partial charge in [-0.2, -0.15) is 10.2 Å². The number of hydrazone groups is 1. The number of benzene rings is 1. The minimum Gasteiger partial charge on any atom is -0.271 e. The van der Waals surface area contributed by atoms with E-state index in [0.717, 1.165) is 22.4 Å². The molecule has 1 aromatic carbocycles. The number of nitrogens with one attached hydrogen (secondary N) is 1. The van der Waals surface area contributed by atoms with Gasteiger partial charge in [0.15, 0.2) is 0 Å². The van der Waals surface area contributed by atoms with Crippen LogP contribution in [0.5, 0.6) is 0 Å². The Morgan fingerprint density at radius 1 is 1.30 bits per heavy atom. The molecule has 2 heterocycles. The summed E-state index contributed by atoms with van der Waals surface area (Å²) in [5, 5.41) is 8.15. The van der Waals surface area contributed by atoms with Crippen LogP contribution < -0.4 is 5.43 Å². The molecule has 0 radical (unpaired) electrons. The van der Waals surface area contributed by atoms with Crippen LogP contribution in [0.2, 0.25) is 0 Å². The standard InChI is InChI=1S/C16H16N6O/c1-11-7-12(2)22(21-11)10-16(23)20-18-9-13-8-17-14-5-3-4-6-15(14)19-13/h3-9H,10H2,1-2H3,(H,20,23)/b18-9-. The first kappa shape index (κ1) is 14.8. The minimum atomic E-state index is -0.249. The molecule has 0 saturated heterocycles. The highest BCUT2D eigenvalue weighted by atomic mass is 16.2. The van der Waals surface area contributed by atoms with Gasteiger partial charge in [0.25, 0.3) is 5.91 Å². The van der Waals surface area contributed by atoms with Gasteiger partial charge < -0.3 is 0 Å². The molecule has 0 aliphatic rings. The lowest BCUT2D eigenvalue weighted by Crippen LogP contribution is -2.24. The SMILES string of the molecule is Cc1cc(C)n(CC(=O)N/N=C\c2cnc3ccccc3n2)n1. The van der Waals surface area contributed by atoms with Crippen molar-refractivity contribution >= 4 is 23.2 Å². The summed E-state index contributed by atoms with van der Waals surface area (Å²) in [6, 6.07) is 9.49. The lowest BCUT2D eigenvalue weighted by atomic mass is 10.3. The van der Waals surface area contributed by atoms with E-state index in [1.54, 1.807) is 10.9 Å². The van der Waals surface area contributed by atoms with Gasteiger partial charge in [0.2, 0.25) is 0 Å². The van der Waals surface area contributed by atoms with Gasteiger partial charge in [0, 0.05) is 5.69 Å². The summed E-state index contributed by atoms with van der Waals surface area (Å²) in [5.41, 5.74) is 6.46. The highest BCUT2D eigenvalue weighted by molar-refractivity contribution is 5.83. The first-order valence-electron chi connectivity index (χ1n) is 7.16. The monoisotopic (exact) mass is 308 g/mol. The molecule has 0 aliphatic carbocycles. The van der Waals surface area contributed by atoms with E-state index in [-0.39, 0.29) is 12.5 Å². The number of carbonyl (C=O) groups is 1. The smallest absolute Gasteiger partial charge is 0.261 e. The summed E-state index contributed by atoms with van der Waals surface area (Å²) in [6.07, 6.45) is 3.08. The van der Waals surface area contributed by atoms with Crippen LogP contribution in [0, 0.1) is 13.8 Å². The second-order valence-electron chi connectivity index (χ2n) is 5.16. The molecule has 0 spiro atoms. The molecule has 116 valence electrons. The molecule has 0 aliphatic heterocycles. The predicted octanol–water partition coefficient (Wildman–Crippen LogP) is 1.59. The molecule has 2 aromatic heterocycles. The molecule has 3 rings (SSSR count). The number of nitrogens with zero attached hydrogens (tertiary/aromatic N) is 5. The molecule has 0 fully saturated rings. The third kappa shape index (κ3) is 3.57. The van der Waals surface area contributed by atoms with Crippen LogP contribution in [0.3, 0.4) is 0 Å². The highest BCUT2D eigenvalue weighted by Crippen LogP contribution is 2.07. The van der Waals surface area contributed by atoms with Crippen LogP contribution in [0.15, 0.2) is 41.6 Å². The number of rotatable bonds is 4. The van der Waals surface area contributed by atoms with Gasteiger partial charge in [0.1, 0.15) is 12.2 Å². The molecule has 23 heavy (non-hydrogen) atoms. The molecular weight excluding hydrogens is 292 g/mol. The number of para-hydroxylation sites is 2. The maximum absolute atomic E-state index is 11.9. The van der Waals surface area contributed by atoms with E-state index in [1.165, 1.54) is 6.21 Å². The van der Waals surface area contributed by atoms with Crippen molar-refractivity contribution in [3.05, 3.63) is 53.6 Å². The van der Waals surface area contributed by atoms with Crippen LogP contribution in [-0.2, 0) is 11.3 Å². The number of carbonyl (C=O) groups excluding carboxylic acids is 1. The largest absolute Gasteiger partial charge is 0.271 e. The molecule has 0 bridgehead atoms. The van der Waals surface area contributed by atoms with Crippen molar-refractivity contribution in [2.45, 2.75) is 20.4 Å². The fourth-order valence-corrected chi connectivity index (χ4v) is 2.21. The van der Waals surface area contributed by atoms with E-state index in [9.17, 15) is 4.79 Å². The number of amides is 1. The fraction of sp³-hybridized carbons (Fsp3) is 0.188. The zero-order chi connectivity index (χ0) is 16.2. The Labute approximate surface area is 133 Å². The van der Waals surface area contributed by atoms with Crippen LogP contribution in [0.1, 0.15) is 17.1 Å². The quantitative estimate of drug-likeness (QED) is 0.586. The molecule has 7 nitrogen and oxygen atoms in total. The van der Waals surface area contributed by atoms with Crippen molar-refractivity contribution < 1.29 is 4.79 Å². The Bertz CT molecular complexity index is 883. The summed E-state index contributed by atoms with van der Waals surface area (Å²) >= 11 is 0. The average Bonchev–Trinajstić information content (AvgIpc) is 2.84. The Kier molecular flexibility index (Phi) is 4.09. The maximum atomic E-state index is 11.9. The average molecular weight is 308 g/mol. The third-order valence-corrected chi connectivity index (χ3v) is 3.25. The van der Waals surface area contributed by atoms with Gasteiger partial charge in [0.05, 0.1) is 29.1 Å². The minimum absolute atomic E-state index is 0.125. The number of hydrogen-bond acceptors (Lipinski definition) is 5. The van der Waals surface area contributed by atoms with Crippen LogP contribution in [0.25, 0.3) is 11.0 Å². The normalized spacial score (nSPS) is 11.2. The summed E-state index contributed by atoms with van der Waals surface area (Å²) in [5.74, 6) is -0.249. The number of aromatic nitrogens is 4. The van der Waals surface area contributed by atoms with E-state index < -0.39 is 0 Å². The maximum Gasteiger partial charge on any atom is 0.261 e. The molecule has 7 heteroatoms. The van der Waals surface area contributed by atoms with Crippen molar-refractivity contribution in [3.8, 4) is 0 Å². The van der Waals surface area contributed by atoms with E-state index in [2.05, 4.69) is 25.6 Å². The highest BCUT2D eigenvalue weighted by Gasteiger charge is 2.06. The van der Waals surface area contributed by atoms with E-state index in [1.807, 2.05) is 44.2 Å². The summed E-state index contributed by atoms with van der Waals surface area (Å²) in [7, 11) is 0. The Hall–Kier alpha value is -3.09. The van der Waals surface area contributed by atoms with Crippen molar-refractivity contribution in [2.75, 3.05) is 0 Å². The predicted molar refractivity (Wildman–Crippen MR) is 87.0 cm³/mol. The van der Waals surface area contributed by atoms with Crippen molar-refractivity contribution in [1.82, 2.24) is 25.2 Å². The second kappa shape index (κ2) is 6.35. The lowest BCUT2D eigenvalue weighted by Gasteiger charge is -2.02. The number of hydrogen-bond donors (Lipinski definition) is 1. The number of aryl methyl sites for hydroxylation is 2. The molecule has 1 amide bonds.